The van der Waals surface area contributed by atoms with Crippen LogP contribution in [0.5, 0.6) is 5.75 Å². The molecule has 3 rings (SSSR count). The Hall–Kier alpha value is -3.38. The number of oxazole rings is 1. The molecular formula is C22H21NO5. The average Bonchev–Trinajstić information content (AvgIpc) is 3.20. The standard InChI is InChI=1S/C22H21NO5/c1-26-18-10-6-9-17(13-18)20-23-15-19(28-20)14-22(25,21(24)27-2)12-11-16-7-4-3-5-8-16/h3-13,15,25H,14H2,1-2H3/b12-11+/t22-/m0/s1. The molecule has 1 heterocycles. The zero-order valence-electron chi connectivity index (χ0n) is 15.7. The largest absolute Gasteiger partial charge is 0.497 e. The number of carbonyl (C=O) groups is 1. The van der Waals surface area contributed by atoms with Crippen LogP contribution in [0.25, 0.3) is 17.5 Å². The zero-order chi connectivity index (χ0) is 20.0. The first-order chi connectivity index (χ1) is 13.5. The summed E-state index contributed by atoms with van der Waals surface area (Å²) < 4.78 is 15.7. The van der Waals surface area contributed by atoms with Gasteiger partial charge in [-0.05, 0) is 29.8 Å². The van der Waals surface area contributed by atoms with Gasteiger partial charge in [0.2, 0.25) is 5.89 Å². The fraction of sp³-hybridized carbons (Fsp3) is 0.182. The third-order valence-corrected chi connectivity index (χ3v) is 4.20. The zero-order valence-corrected chi connectivity index (χ0v) is 15.7. The summed E-state index contributed by atoms with van der Waals surface area (Å²) in [7, 11) is 2.81. The summed E-state index contributed by atoms with van der Waals surface area (Å²) in [6.07, 6.45) is 4.44. The minimum Gasteiger partial charge on any atom is -0.497 e. The smallest absolute Gasteiger partial charge is 0.342 e. The number of hydrogen-bond donors (Lipinski definition) is 1. The van der Waals surface area contributed by atoms with Crippen molar-refractivity contribution in [2.75, 3.05) is 14.2 Å². The van der Waals surface area contributed by atoms with Crippen molar-refractivity contribution in [1.82, 2.24) is 4.98 Å². The van der Waals surface area contributed by atoms with Crippen LogP contribution in [-0.2, 0) is 16.0 Å². The van der Waals surface area contributed by atoms with Crippen LogP contribution in [0.4, 0.5) is 0 Å². The van der Waals surface area contributed by atoms with E-state index >= 15 is 0 Å². The summed E-state index contributed by atoms with van der Waals surface area (Å²) in [6.45, 7) is 0. The molecule has 2 aromatic carbocycles. The second kappa shape index (κ2) is 8.54. The van der Waals surface area contributed by atoms with Crippen molar-refractivity contribution in [3.63, 3.8) is 0 Å². The van der Waals surface area contributed by atoms with Gasteiger partial charge in [-0.3, -0.25) is 0 Å². The minimum absolute atomic E-state index is 0.111. The highest BCUT2D eigenvalue weighted by Crippen LogP contribution is 2.26. The highest BCUT2D eigenvalue weighted by Gasteiger charge is 2.36. The van der Waals surface area contributed by atoms with E-state index in [-0.39, 0.29) is 6.42 Å². The maximum absolute atomic E-state index is 12.2. The lowest BCUT2D eigenvalue weighted by atomic mass is 9.97. The molecule has 0 fully saturated rings. The quantitative estimate of drug-likeness (QED) is 0.633. The van der Waals surface area contributed by atoms with E-state index in [1.807, 2.05) is 48.5 Å². The first-order valence-electron chi connectivity index (χ1n) is 8.68. The summed E-state index contributed by atoms with van der Waals surface area (Å²) in [5, 5.41) is 10.9. The summed E-state index contributed by atoms with van der Waals surface area (Å²) in [5.41, 5.74) is -0.304. The van der Waals surface area contributed by atoms with Crippen LogP contribution in [0.2, 0.25) is 0 Å². The van der Waals surface area contributed by atoms with Crippen molar-refractivity contribution in [1.29, 1.82) is 0 Å². The van der Waals surface area contributed by atoms with Gasteiger partial charge < -0.3 is 19.0 Å². The molecule has 6 nitrogen and oxygen atoms in total. The van der Waals surface area contributed by atoms with Crippen LogP contribution >= 0.6 is 0 Å². The van der Waals surface area contributed by atoms with Crippen molar-refractivity contribution in [3.8, 4) is 17.2 Å². The fourth-order valence-corrected chi connectivity index (χ4v) is 2.72. The number of hydrogen-bond acceptors (Lipinski definition) is 6. The van der Waals surface area contributed by atoms with Crippen LogP contribution < -0.4 is 4.74 Å². The highest BCUT2D eigenvalue weighted by atomic mass is 16.5. The average molecular weight is 379 g/mol. The number of aromatic nitrogens is 1. The van der Waals surface area contributed by atoms with Crippen LogP contribution in [-0.4, -0.2) is 35.9 Å². The van der Waals surface area contributed by atoms with Gasteiger partial charge >= 0.3 is 5.97 Å². The summed E-state index contributed by atoms with van der Waals surface area (Å²) >= 11 is 0. The van der Waals surface area contributed by atoms with Gasteiger partial charge in [0.1, 0.15) is 11.5 Å². The summed E-state index contributed by atoms with van der Waals surface area (Å²) in [4.78, 5) is 16.5. The van der Waals surface area contributed by atoms with Gasteiger partial charge in [0.05, 0.1) is 26.8 Å². The maximum Gasteiger partial charge on any atom is 0.342 e. The second-order valence-electron chi connectivity index (χ2n) is 6.20. The molecular weight excluding hydrogens is 358 g/mol. The molecule has 0 aliphatic rings. The first-order valence-corrected chi connectivity index (χ1v) is 8.68. The van der Waals surface area contributed by atoms with Crippen molar-refractivity contribution in [3.05, 3.63) is 78.2 Å². The molecule has 1 atom stereocenters. The van der Waals surface area contributed by atoms with E-state index < -0.39 is 11.6 Å². The number of rotatable bonds is 7. The van der Waals surface area contributed by atoms with Crippen molar-refractivity contribution in [2.24, 2.45) is 0 Å². The Morgan fingerprint density at radius 1 is 1.18 bits per heavy atom. The number of carbonyl (C=O) groups excluding carboxylic acids is 1. The predicted molar refractivity (Wildman–Crippen MR) is 105 cm³/mol. The monoisotopic (exact) mass is 379 g/mol. The third kappa shape index (κ3) is 4.47. The Morgan fingerprint density at radius 3 is 2.68 bits per heavy atom. The number of methoxy groups -OCH3 is 2. The summed E-state index contributed by atoms with van der Waals surface area (Å²) in [6, 6.07) is 16.6. The number of ether oxygens (including phenoxy) is 2. The van der Waals surface area contributed by atoms with Crippen molar-refractivity contribution in [2.45, 2.75) is 12.0 Å². The molecule has 0 bridgehead atoms. The van der Waals surface area contributed by atoms with Crippen LogP contribution in [0.15, 0.2) is 71.3 Å². The molecule has 0 saturated carbocycles. The van der Waals surface area contributed by atoms with E-state index in [1.54, 1.807) is 19.3 Å². The molecule has 3 aromatic rings. The highest BCUT2D eigenvalue weighted by molar-refractivity contribution is 5.83. The van der Waals surface area contributed by atoms with Crippen molar-refractivity contribution < 1.29 is 23.8 Å². The van der Waals surface area contributed by atoms with Gasteiger partial charge in [-0.15, -0.1) is 0 Å². The minimum atomic E-state index is -1.88. The van der Waals surface area contributed by atoms with Gasteiger partial charge in [-0.2, -0.15) is 0 Å². The first kappa shape index (κ1) is 19.4. The maximum atomic E-state index is 12.2. The molecule has 1 N–H and O–H groups in total. The third-order valence-electron chi connectivity index (χ3n) is 4.20. The Labute approximate surface area is 163 Å². The van der Waals surface area contributed by atoms with Gasteiger partial charge in [-0.1, -0.05) is 42.5 Å². The molecule has 1 aromatic heterocycles. The van der Waals surface area contributed by atoms with Crippen LogP contribution in [0.1, 0.15) is 11.3 Å². The molecule has 0 spiro atoms. The molecule has 6 heteroatoms. The van der Waals surface area contributed by atoms with Gasteiger partial charge in [-0.25, -0.2) is 9.78 Å². The van der Waals surface area contributed by atoms with E-state index in [0.29, 0.717) is 17.4 Å². The lowest BCUT2D eigenvalue weighted by Gasteiger charge is -2.20. The molecule has 0 unspecified atom stereocenters. The van der Waals surface area contributed by atoms with Gasteiger partial charge in [0.25, 0.3) is 0 Å². The number of nitrogens with zero attached hydrogens (tertiary/aromatic N) is 1. The Bertz CT molecular complexity index is 964. The molecule has 28 heavy (non-hydrogen) atoms. The predicted octanol–water partition coefficient (Wildman–Crippen LogP) is 3.51. The molecule has 0 aliphatic carbocycles. The fourth-order valence-electron chi connectivity index (χ4n) is 2.72. The van der Waals surface area contributed by atoms with E-state index in [0.717, 1.165) is 11.1 Å². The Balaban J connectivity index is 1.84. The molecule has 0 radical (unpaired) electrons. The van der Waals surface area contributed by atoms with Gasteiger partial charge in [0, 0.05) is 5.56 Å². The second-order valence-corrected chi connectivity index (χ2v) is 6.20. The summed E-state index contributed by atoms with van der Waals surface area (Å²) in [5.74, 6) is 0.615. The number of aliphatic hydroxyl groups is 1. The Morgan fingerprint density at radius 2 is 1.96 bits per heavy atom. The number of esters is 1. The van der Waals surface area contributed by atoms with E-state index in [4.69, 9.17) is 13.9 Å². The number of benzene rings is 2. The van der Waals surface area contributed by atoms with E-state index in [2.05, 4.69) is 4.98 Å². The van der Waals surface area contributed by atoms with E-state index in [9.17, 15) is 9.90 Å². The molecule has 0 saturated heterocycles. The van der Waals surface area contributed by atoms with Crippen LogP contribution in [0, 0.1) is 0 Å². The topological polar surface area (TPSA) is 81.8 Å². The lowest BCUT2D eigenvalue weighted by Crippen LogP contribution is -2.39. The molecule has 0 amide bonds. The van der Waals surface area contributed by atoms with Gasteiger partial charge in [0.15, 0.2) is 5.60 Å². The van der Waals surface area contributed by atoms with Crippen LogP contribution in [0.3, 0.4) is 0 Å². The SMILES string of the molecule is COC(=O)[C@](O)(/C=C/c1ccccc1)Cc1cnc(-c2cccc(OC)c2)o1. The van der Waals surface area contributed by atoms with Crippen molar-refractivity contribution >= 4 is 12.0 Å². The Kier molecular flexibility index (Phi) is 5.91. The lowest BCUT2D eigenvalue weighted by molar-refractivity contribution is -0.157. The molecule has 0 aliphatic heterocycles. The van der Waals surface area contributed by atoms with E-state index in [1.165, 1.54) is 19.4 Å². The molecule has 144 valence electrons. The normalized spacial score (nSPS) is 13.2.